The van der Waals surface area contributed by atoms with Crippen LogP contribution in [0, 0.1) is 12.7 Å². The number of carbonyl (C=O) groups is 1. The Kier molecular flexibility index (Phi) is 7.42. The molecule has 192 valence electrons. The SMILES string of the molecule is CCOC(=O)C1=C(c2ccccc2)Nc2nc(SCc3ccccc3F)[nH]c(=O)c2C1c1ccc(C)cc1. The molecular weight excluding hydrogens is 501 g/mol. The highest BCUT2D eigenvalue weighted by atomic mass is 32.2. The second-order valence-electron chi connectivity index (χ2n) is 8.86. The average Bonchev–Trinajstić information content (AvgIpc) is 2.92. The maximum atomic E-state index is 14.2. The molecule has 1 unspecified atom stereocenters. The number of rotatable bonds is 7. The first-order valence-corrected chi connectivity index (χ1v) is 13.3. The van der Waals surface area contributed by atoms with E-state index in [0.29, 0.717) is 39.1 Å². The smallest absolute Gasteiger partial charge is 0.337 e. The third kappa shape index (κ3) is 5.13. The van der Waals surface area contributed by atoms with Gasteiger partial charge in [0.2, 0.25) is 0 Å². The molecule has 0 fully saturated rings. The fourth-order valence-electron chi connectivity index (χ4n) is 4.48. The van der Waals surface area contributed by atoms with Crippen molar-refractivity contribution in [3.05, 3.63) is 128 Å². The first-order chi connectivity index (χ1) is 18.5. The minimum atomic E-state index is -0.706. The van der Waals surface area contributed by atoms with Crippen LogP contribution in [0.15, 0.2) is 94.4 Å². The van der Waals surface area contributed by atoms with Crippen LogP contribution in [0.1, 0.15) is 40.7 Å². The molecule has 0 spiro atoms. The second kappa shape index (κ2) is 11.1. The first-order valence-electron chi connectivity index (χ1n) is 12.3. The Labute approximate surface area is 224 Å². The minimum absolute atomic E-state index is 0.193. The lowest BCUT2D eigenvalue weighted by Crippen LogP contribution is -2.31. The van der Waals surface area contributed by atoms with E-state index in [9.17, 15) is 14.0 Å². The highest BCUT2D eigenvalue weighted by molar-refractivity contribution is 7.98. The van der Waals surface area contributed by atoms with Gasteiger partial charge in [-0.1, -0.05) is 90.1 Å². The standard InChI is InChI=1S/C30H26FN3O3S/c1-3-37-29(36)24-23(19-15-13-18(2)14-16-19)25-27(32-26(24)20-9-5-4-6-10-20)33-30(34-28(25)35)38-17-21-11-7-8-12-22(21)31/h4-16,23H,3,17H2,1-2H3,(H2,32,33,34,35). The number of esters is 1. The number of anilines is 1. The summed E-state index contributed by atoms with van der Waals surface area (Å²) in [6.45, 7) is 3.92. The maximum absolute atomic E-state index is 14.2. The fraction of sp³-hybridized carbons (Fsp3) is 0.167. The first kappa shape index (κ1) is 25.5. The van der Waals surface area contributed by atoms with Crippen molar-refractivity contribution in [2.24, 2.45) is 0 Å². The van der Waals surface area contributed by atoms with Crippen molar-refractivity contribution in [3.8, 4) is 0 Å². The molecule has 3 aromatic carbocycles. The van der Waals surface area contributed by atoms with Crippen LogP contribution < -0.4 is 10.9 Å². The quantitative estimate of drug-likeness (QED) is 0.173. The number of ether oxygens (including phenoxy) is 1. The molecule has 0 saturated heterocycles. The van der Waals surface area contributed by atoms with E-state index in [1.165, 1.54) is 17.8 Å². The highest BCUT2D eigenvalue weighted by Crippen LogP contribution is 2.43. The van der Waals surface area contributed by atoms with Gasteiger partial charge in [-0.05, 0) is 36.6 Å². The third-order valence-corrected chi connectivity index (χ3v) is 7.24. The van der Waals surface area contributed by atoms with Crippen LogP contribution in [0.3, 0.4) is 0 Å². The summed E-state index contributed by atoms with van der Waals surface area (Å²) < 4.78 is 19.6. The number of aromatic amines is 1. The van der Waals surface area contributed by atoms with Gasteiger partial charge in [-0.2, -0.15) is 0 Å². The van der Waals surface area contributed by atoms with Crippen molar-refractivity contribution < 1.29 is 13.9 Å². The molecule has 0 aliphatic carbocycles. The van der Waals surface area contributed by atoms with Gasteiger partial charge in [-0.3, -0.25) is 4.79 Å². The van der Waals surface area contributed by atoms with Crippen LogP contribution in [0.5, 0.6) is 0 Å². The Bertz CT molecular complexity index is 1570. The van der Waals surface area contributed by atoms with Gasteiger partial charge >= 0.3 is 5.97 Å². The summed E-state index contributed by atoms with van der Waals surface area (Å²) in [6, 6.07) is 23.7. The molecule has 2 N–H and O–H groups in total. The molecule has 0 saturated carbocycles. The van der Waals surface area contributed by atoms with Gasteiger partial charge < -0.3 is 15.0 Å². The van der Waals surface area contributed by atoms with Crippen molar-refractivity contribution in [3.63, 3.8) is 0 Å². The zero-order valence-electron chi connectivity index (χ0n) is 21.0. The van der Waals surface area contributed by atoms with Crippen molar-refractivity contribution in [1.82, 2.24) is 9.97 Å². The van der Waals surface area contributed by atoms with Crippen LogP contribution in [0.2, 0.25) is 0 Å². The van der Waals surface area contributed by atoms with E-state index < -0.39 is 11.9 Å². The molecule has 8 heteroatoms. The van der Waals surface area contributed by atoms with E-state index in [4.69, 9.17) is 9.72 Å². The molecule has 1 atom stereocenters. The third-order valence-electron chi connectivity index (χ3n) is 6.31. The molecule has 1 aliphatic rings. The summed E-state index contributed by atoms with van der Waals surface area (Å²) in [4.78, 5) is 34.6. The molecule has 0 bridgehead atoms. The average molecular weight is 528 g/mol. The number of carbonyl (C=O) groups excluding carboxylic acids is 1. The van der Waals surface area contributed by atoms with Gasteiger partial charge in [0.1, 0.15) is 11.6 Å². The van der Waals surface area contributed by atoms with Crippen LogP contribution in [-0.4, -0.2) is 22.5 Å². The zero-order chi connectivity index (χ0) is 26.6. The number of nitrogens with one attached hydrogen (secondary N) is 2. The number of halogens is 1. The summed E-state index contributed by atoms with van der Waals surface area (Å²) in [6.07, 6.45) is 0. The van der Waals surface area contributed by atoms with Crippen LogP contribution in [0.4, 0.5) is 10.2 Å². The molecule has 2 heterocycles. The molecule has 4 aromatic rings. The van der Waals surface area contributed by atoms with E-state index in [2.05, 4.69) is 10.3 Å². The molecule has 1 aromatic heterocycles. The molecule has 6 nitrogen and oxygen atoms in total. The lowest BCUT2D eigenvalue weighted by molar-refractivity contribution is -0.138. The zero-order valence-corrected chi connectivity index (χ0v) is 21.8. The second-order valence-corrected chi connectivity index (χ2v) is 9.82. The summed E-state index contributed by atoms with van der Waals surface area (Å²) in [5.41, 5.74) is 3.93. The normalized spacial score (nSPS) is 14.6. The Balaban J connectivity index is 1.66. The lowest BCUT2D eigenvalue weighted by Gasteiger charge is -2.30. The molecule has 5 rings (SSSR count). The molecule has 1 aliphatic heterocycles. The van der Waals surface area contributed by atoms with E-state index in [1.807, 2.05) is 61.5 Å². The molecule has 38 heavy (non-hydrogen) atoms. The molecule has 0 radical (unpaired) electrons. The number of nitrogens with zero attached hydrogens (tertiary/aromatic N) is 1. The molecule has 0 amide bonds. The Morgan fingerprint density at radius 2 is 1.74 bits per heavy atom. The number of hydrogen-bond acceptors (Lipinski definition) is 6. The number of hydrogen-bond donors (Lipinski definition) is 2. The number of aryl methyl sites for hydroxylation is 1. The van der Waals surface area contributed by atoms with E-state index in [1.54, 1.807) is 25.1 Å². The van der Waals surface area contributed by atoms with Crippen LogP contribution in [0.25, 0.3) is 5.70 Å². The van der Waals surface area contributed by atoms with Gasteiger partial charge in [0.25, 0.3) is 5.56 Å². The van der Waals surface area contributed by atoms with Gasteiger partial charge in [0.05, 0.1) is 29.4 Å². The summed E-state index contributed by atoms with van der Waals surface area (Å²) >= 11 is 1.23. The van der Waals surface area contributed by atoms with Crippen molar-refractivity contribution in [2.75, 3.05) is 11.9 Å². The largest absolute Gasteiger partial charge is 0.463 e. The van der Waals surface area contributed by atoms with Gasteiger partial charge in [0, 0.05) is 5.75 Å². The van der Waals surface area contributed by atoms with Crippen molar-refractivity contribution in [1.29, 1.82) is 0 Å². The van der Waals surface area contributed by atoms with Crippen LogP contribution >= 0.6 is 11.8 Å². The fourth-order valence-corrected chi connectivity index (χ4v) is 5.33. The number of thioether (sulfide) groups is 1. The van der Waals surface area contributed by atoms with E-state index >= 15 is 0 Å². The Hall–Kier alpha value is -4.17. The number of H-pyrrole nitrogens is 1. The topological polar surface area (TPSA) is 84.1 Å². The van der Waals surface area contributed by atoms with Gasteiger partial charge in [-0.15, -0.1) is 0 Å². The van der Waals surface area contributed by atoms with E-state index in [0.717, 1.165) is 16.7 Å². The predicted octanol–water partition coefficient (Wildman–Crippen LogP) is 6.04. The maximum Gasteiger partial charge on any atom is 0.337 e. The Morgan fingerprint density at radius 1 is 1.03 bits per heavy atom. The van der Waals surface area contributed by atoms with E-state index in [-0.39, 0.29) is 18.0 Å². The lowest BCUT2D eigenvalue weighted by atomic mass is 9.81. The predicted molar refractivity (Wildman–Crippen MR) is 147 cm³/mol. The van der Waals surface area contributed by atoms with Crippen LogP contribution in [-0.2, 0) is 15.3 Å². The number of benzene rings is 3. The van der Waals surface area contributed by atoms with Crippen molar-refractivity contribution >= 4 is 29.2 Å². The summed E-state index contributed by atoms with van der Waals surface area (Å²) in [5, 5.41) is 3.61. The monoisotopic (exact) mass is 527 g/mol. The summed E-state index contributed by atoms with van der Waals surface area (Å²) in [5.74, 6) is -0.880. The number of fused-ring (bicyclic) bond motifs is 1. The van der Waals surface area contributed by atoms with Gasteiger partial charge in [-0.25, -0.2) is 14.2 Å². The number of aromatic nitrogens is 2. The molecular formula is C30H26FN3O3S. The Morgan fingerprint density at radius 3 is 2.45 bits per heavy atom. The minimum Gasteiger partial charge on any atom is -0.463 e. The van der Waals surface area contributed by atoms with Crippen molar-refractivity contribution in [2.45, 2.75) is 30.7 Å². The van der Waals surface area contributed by atoms with Gasteiger partial charge in [0.15, 0.2) is 5.16 Å². The summed E-state index contributed by atoms with van der Waals surface area (Å²) in [7, 11) is 0. The highest BCUT2D eigenvalue weighted by Gasteiger charge is 2.38.